The lowest BCUT2D eigenvalue weighted by atomic mass is 9.93. The summed E-state index contributed by atoms with van der Waals surface area (Å²) in [4.78, 5) is 10.9. The molecule has 0 radical (unpaired) electrons. The highest BCUT2D eigenvalue weighted by Gasteiger charge is 2.22. The fraction of sp³-hybridized carbons (Fsp3) is 0.800. The van der Waals surface area contributed by atoms with Crippen molar-refractivity contribution in [3.05, 3.63) is 12.2 Å². The van der Waals surface area contributed by atoms with Crippen LogP contribution in [0.4, 0.5) is 0 Å². The summed E-state index contributed by atoms with van der Waals surface area (Å²) in [5.41, 5.74) is -0.0651. The van der Waals surface area contributed by atoms with Gasteiger partial charge in [0.2, 0.25) is 0 Å². The predicted molar refractivity (Wildman–Crippen MR) is 74.6 cm³/mol. The number of ether oxygens (including phenoxy) is 2. The number of carbonyl (C=O) groups is 1. The molecule has 0 aromatic carbocycles. The topological polar surface area (TPSA) is 35.5 Å². The van der Waals surface area contributed by atoms with E-state index in [-0.39, 0.29) is 11.6 Å². The van der Waals surface area contributed by atoms with Crippen molar-refractivity contribution in [2.75, 3.05) is 13.7 Å². The van der Waals surface area contributed by atoms with Crippen LogP contribution in [0.5, 0.6) is 0 Å². The lowest BCUT2D eigenvalue weighted by molar-refractivity contribution is -0.134. The van der Waals surface area contributed by atoms with Crippen LogP contribution in [0.25, 0.3) is 0 Å². The average Bonchev–Trinajstić information content (AvgIpc) is 2.35. The molecule has 0 aliphatic heterocycles. The van der Waals surface area contributed by atoms with Gasteiger partial charge in [0.15, 0.2) is 0 Å². The molecule has 0 heterocycles. The molecule has 0 rings (SSSR count). The van der Waals surface area contributed by atoms with Crippen molar-refractivity contribution < 1.29 is 14.3 Å². The van der Waals surface area contributed by atoms with E-state index in [1.807, 2.05) is 0 Å². The van der Waals surface area contributed by atoms with E-state index in [0.717, 1.165) is 19.3 Å². The van der Waals surface area contributed by atoms with Gasteiger partial charge in [-0.05, 0) is 19.8 Å². The normalized spacial score (nSPS) is 14.7. The molecule has 0 amide bonds. The van der Waals surface area contributed by atoms with Crippen LogP contribution >= 0.6 is 0 Å². The number of esters is 1. The zero-order valence-corrected chi connectivity index (χ0v) is 12.3. The van der Waals surface area contributed by atoms with Crippen molar-refractivity contribution >= 4 is 5.97 Å². The molecular formula is C15H28O3. The molecular weight excluding hydrogens is 228 g/mol. The zero-order valence-electron chi connectivity index (χ0n) is 12.3. The summed E-state index contributed by atoms with van der Waals surface area (Å²) in [7, 11) is 1.37. The molecule has 0 fully saturated rings. The molecule has 0 aromatic rings. The van der Waals surface area contributed by atoms with Crippen LogP contribution in [0, 0.1) is 0 Å². The van der Waals surface area contributed by atoms with Gasteiger partial charge in [-0.1, -0.05) is 45.6 Å². The highest BCUT2D eigenvalue weighted by Crippen LogP contribution is 2.24. The minimum Gasteiger partial charge on any atom is -0.466 e. The first kappa shape index (κ1) is 17.2. The summed E-state index contributed by atoms with van der Waals surface area (Å²) in [5.74, 6) is -0.332. The highest BCUT2D eigenvalue weighted by molar-refractivity contribution is 5.81. The Morgan fingerprint density at radius 1 is 1.17 bits per heavy atom. The first-order chi connectivity index (χ1) is 8.58. The van der Waals surface area contributed by atoms with Gasteiger partial charge in [-0.2, -0.15) is 0 Å². The van der Waals surface area contributed by atoms with Crippen LogP contribution in [-0.2, 0) is 14.3 Å². The Morgan fingerprint density at radius 2 is 1.89 bits per heavy atom. The van der Waals surface area contributed by atoms with E-state index in [1.54, 1.807) is 6.08 Å². The van der Waals surface area contributed by atoms with E-state index in [0.29, 0.717) is 6.61 Å². The van der Waals surface area contributed by atoms with Gasteiger partial charge < -0.3 is 9.47 Å². The van der Waals surface area contributed by atoms with E-state index in [9.17, 15) is 4.79 Å². The van der Waals surface area contributed by atoms with E-state index in [4.69, 9.17) is 4.74 Å². The third kappa shape index (κ3) is 8.29. The number of unbranched alkanes of at least 4 members (excludes halogenated alkanes) is 2. The summed E-state index contributed by atoms with van der Waals surface area (Å²) in [6.45, 7) is 7.01. The Kier molecular flexibility index (Phi) is 9.66. The largest absolute Gasteiger partial charge is 0.466 e. The fourth-order valence-corrected chi connectivity index (χ4v) is 2.01. The van der Waals surface area contributed by atoms with Gasteiger partial charge in [-0.15, -0.1) is 0 Å². The van der Waals surface area contributed by atoms with Gasteiger partial charge in [0.25, 0.3) is 0 Å². The van der Waals surface area contributed by atoms with Gasteiger partial charge in [0.05, 0.1) is 19.3 Å². The summed E-state index contributed by atoms with van der Waals surface area (Å²) in [6.07, 6.45) is 10.1. The standard InChI is InChI=1S/C15H28O3/c1-5-7-8-12-15(3,11-6-2)18-13-9-10-14(16)17-4/h9-10H,5-8,11-13H2,1-4H3/b10-9+. The Hall–Kier alpha value is -0.830. The lowest BCUT2D eigenvalue weighted by Crippen LogP contribution is -2.28. The van der Waals surface area contributed by atoms with Crippen LogP contribution in [0.15, 0.2) is 12.2 Å². The molecule has 0 aliphatic rings. The maximum atomic E-state index is 10.9. The van der Waals surface area contributed by atoms with Gasteiger partial charge in [0, 0.05) is 6.08 Å². The number of methoxy groups -OCH3 is 1. The molecule has 0 saturated heterocycles. The Balaban J connectivity index is 4.08. The van der Waals surface area contributed by atoms with Crippen molar-refractivity contribution in [1.29, 1.82) is 0 Å². The first-order valence-electron chi connectivity index (χ1n) is 6.96. The molecule has 3 nitrogen and oxygen atoms in total. The van der Waals surface area contributed by atoms with E-state index in [2.05, 4.69) is 25.5 Å². The zero-order chi connectivity index (χ0) is 13.9. The molecule has 18 heavy (non-hydrogen) atoms. The maximum Gasteiger partial charge on any atom is 0.330 e. The van der Waals surface area contributed by atoms with Gasteiger partial charge in [-0.3, -0.25) is 0 Å². The Labute approximate surface area is 112 Å². The fourth-order valence-electron chi connectivity index (χ4n) is 2.01. The molecule has 0 aromatic heterocycles. The first-order valence-corrected chi connectivity index (χ1v) is 6.96. The average molecular weight is 256 g/mol. The quantitative estimate of drug-likeness (QED) is 0.338. The second-order valence-electron chi connectivity index (χ2n) is 4.89. The van der Waals surface area contributed by atoms with Crippen LogP contribution < -0.4 is 0 Å². The van der Waals surface area contributed by atoms with Crippen LogP contribution in [0.1, 0.15) is 59.3 Å². The molecule has 0 aliphatic carbocycles. The van der Waals surface area contributed by atoms with Crippen LogP contribution in [0.2, 0.25) is 0 Å². The van der Waals surface area contributed by atoms with E-state index >= 15 is 0 Å². The third-order valence-electron chi connectivity index (χ3n) is 3.07. The number of hydrogen-bond donors (Lipinski definition) is 0. The molecule has 0 spiro atoms. The number of rotatable bonds is 10. The molecule has 0 N–H and O–H groups in total. The SMILES string of the molecule is CCCCCC(C)(CCC)OC/C=C/C(=O)OC. The minimum atomic E-state index is -0.332. The van der Waals surface area contributed by atoms with Crippen molar-refractivity contribution in [3.63, 3.8) is 0 Å². The molecule has 1 unspecified atom stereocenters. The minimum absolute atomic E-state index is 0.0651. The number of carbonyl (C=O) groups excluding carboxylic acids is 1. The van der Waals surface area contributed by atoms with Crippen molar-refractivity contribution in [2.24, 2.45) is 0 Å². The van der Waals surface area contributed by atoms with E-state index < -0.39 is 0 Å². The van der Waals surface area contributed by atoms with Crippen molar-refractivity contribution in [2.45, 2.75) is 64.9 Å². The Bertz CT molecular complexity index is 248. The molecule has 1 atom stereocenters. The summed E-state index contributed by atoms with van der Waals surface area (Å²) >= 11 is 0. The number of hydrogen-bond acceptors (Lipinski definition) is 3. The van der Waals surface area contributed by atoms with Gasteiger partial charge in [0.1, 0.15) is 0 Å². The predicted octanol–water partition coefficient (Wildman–Crippen LogP) is 3.87. The van der Waals surface area contributed by atoms with E-state index in [1.165, 1.54) is 32.4 Å². The highest BCUT2D eigenvalue weighted by atomic mass is 16.5. The smallest absolute Gasteiger partial charge is 0.330 e. The maximum absolute atomic E-state index is 10.9. The monoisotopic (exact) mass is 256 g/mol. The summed E-state index contributed by atoms with van der Waals surface area (Å²) < 4.78 is 10.4. The molecule has 0 bridgehead atoms. The summed E-state index contributed by atoms with van der Waals surface area (Å²) in [5, 5.41) is 0. The van der Waals surface area contributed by atoms with Crippen molar-refractivity contribution in [3.8, 4) is 0 Å². The van der Waals surface area contributed by atoms with Gasteiger partial charge in [-0.25, -0.2) is 4.79 Å². The summed E-state index contributed by atoms with van der Waals surface area (Å²) in [6, 6.07) is 0. The molecule has 106 valence electrons. The lowest BCUT2D eigenvalue weighted by Gasteiger charge is -2.29. The van der Waals surface area contributed by atoms with Gasteiger partial charge >= 0.3 is 5.97 Å². The van der Waals surface area contributed by atoms with Crippen molar-refractivity contribution in [1.82, 2.24) is 0 Å². The molecule has 3 heteroatoms. The third-order valence-corrected chi connectivity index (χ3v) is 3.07. The Morgan fingerprint density at radius 3 is 2.44 bits per heavy atom. The molecule has 0 saturated carbocycles. The van der Waals surface area contributed by atoms with Crippen LogP contribution in [-0.4, -0.2) is 25.3 Å². The second-order valence-corrected chi connectivity index (χ2v) is 4.89. The van der Waals surface area contributed by atoms with Crippen LogP contribution in [0.3, 0.4) is 0 Å². The second kappa shape index (κ2) is 10.1.